The van der Waals surface area contributed by atoms with Crippen LogP contribution in [0.3, 0.4) is 0 Å². The second-order valence-electron chi connectivity index (χ2n) is 10.3. The number of aryl methyl sites for hydroxylation is 1. The first-order valence-electron chi connectivity index (χ1n) is 13.2. The third-order valence-electron chi connectivity index (χ3n) is 6.48. The molecule has 0 aromatic heterocycles. The molecular formula is C30H33ClF3N3O4S. The monoisotopic (exact) mass is 623 g/mol. The maximum atomic E-state index is 13.9. The number of nitrogens with zero attached hydrogens (tertiary/aromatic N) is 2. The summed E-state index contributed by atoms with van der Waals surface area (Å²) in [6.07, 6.45) is -4.88. The second kappa shape index (κ2) is 13.6. The van der Waals surface area contributed by atoms with Crippen LogP contribution in [0.1, 0.15) is 37.5 Å². The first-order chi connectivity index (χ1) is 19.6. The van der Waals surface area contributed by atoms with Gasteiger partial charge in [0, 0.05) is 13.1 Å². The van der Waals surface area contributed by atoms with Gasteiger partial charge >= 0.3 is 6.18 Å². The van der Waals surface area contributed by atoms with Crippen LogP contribution in [0, 0.1) is 12.8 Å². The third-order valence-corrected chi connectivity index (χ3v) is 8.60. The van der Waals surface area contributed by atoms with Crippen LogP contribution in [0.25, 0.3) is 0 Å². The molecule has 1 atom stereocenters. The molecule has 1 N–H and O–H groups in total. The molecule has 0 radical (unpaired) electrons. The summed E-state index contributed by atoms with van der Waals surface area (Å²) < 4.78 is 69.5. The number of hydrogen-bond donors (Lipinski definition) is 1. The molecule has 226 valence electrons. The number of carbonyl (C=O) groups is 2. The summed E-state index contributed by atoms with van der Waals surface area (Å²) in [5.41, 5.74) is -0.219. The molecule has 0 aliphatic carbocycles. The molecule has 42 heavy (non-hydrogen) atoms. The van der Waals surface area contributed by atoms with Crippen molar-refractivity contribution in [2.75, 3.05) is 17.4 Å². The van der Waals surface area contributed by atoms with E-state index in [4.69, 9.17) is 11.6 Å². The van der Waals surface area contributed by atoms with Crippen molar-refractivity contribution in [3.63, 3.8) is 0 Å². The summed E-state index contributed by atoms with van der Waals surface area (Å²) in [4.78, 5) is 27.9. The zero-order chi connectivity index (χ0) is 31.2. The molecule has 0 saturated heterocycles. The summed E-state index contributed by atoms with van der Waals surface area (Å²) in [7, 11) is -4.54. The normalized spacial score (nSPS) is 12.6. The minimum atomic E-state index is -4.88. The molecular weight excluding hydrogens is 591 g/mol. The number of amides is 2. The Labute approximate surface area is 249 Å². The van der Waals surface area contributed by atoms with E-state index in [1.807, 2.05) is 13.8 Å². The van der Waals surface area contributed by atoms with Crippen LogP contribution in [0.15, 0.2) is 77.7 Å². The standard InChI is InChI=1S/C30H33ClF3N3O4S/c1-20(2)17-35-29(39)22(4)36(18-23-8-6-5-7-9-23)28(38)19-37(42(40,41)25-13-10-21(3)11-14-25)24-12-15-27(31)26(16-24)30(32,33)34/h5-16,20,22H,17-19H2,1-4H3,(H,35,39). The summed E-state index contributed by atoms with van der Waals surface area (Å²) in [6.45, 7) is 6.53. The lowest BCUT2D eigenvalue weighted by Crippen LogP contribution is -2.51. The van der Waals surface area contributed by atoms with Gasteiger partial charge in [-0.3, -0.25) is 13.9 Å². The number of hydrogen-bond acceptors (Lipinski definition) is 4. The molecule has 3 aromatic rings. The van der Waals surface area contributed by atoms with Crippen LogP contribution in [0.5, 0.6) is 0 Å². The summed E-state index contributed by atoms with van der Waals surface area (Å²) in [6, 6.07) is 16.1. The molecule has 0 fully saturated rings. The van der Waals surface area contributed by atoms with E-state index in [-0.39, 0.29) is 17.4 Å². The molecule has 0 bridgehead atoms. The summed E-state index contributed by atoms with van der Waals surface area (Å²) in [5, 5.41) is 2.16. The molecule has 12 heteroatoms. The first kappa shape index (κ1) is 32.9. The Kier molecular flexibility index (Phi) is 10.7. The number of rotatable bonds is 11. The molecule has 2 amide bonds. The quantitative estimate of drug-likeness (QED) is 0.282. The molecule has 3 rings (SSSR count). The van der Waals surface area contributed by atoms with Crippen molar-refractivity contribution in [2.24, 2.45) is 5.92 Å². The van der Waals surface area contributed by atoms with E-state index < -0.39 is 56.9 Å². The highest BCUT2D eigenvalue weighted by Gasteiger charge is 2.37. The molecule has 0 spiro atoms. The van der Waals surface area contributed by atoms with Gasteiger partial charge < -0.3 is 10.2 Å². The molecule has 0 heterocycles. The van der Waals surface area contributed by atoms with Crippen LogP contribution in [-0.2, 0) is 32.3 Å². The van der Waals surface area contributed by atoms with Crippen molar-refractivity contribution in [1.29, 1.82) is 0 Å². The Bertz CT molecular complexity index is 1500. The number of alkyl halides is 3. The Morgan fingerprint density at radius 2 is 1.57 bits per heavy atom. The highest BCUT2D eigenvalue weighted by Crippen LogP contribution is 2.38. The van der Waals surface area contributed by atoms with Crippen molar-refractivity contribution in [1.82, 2.24) is 10.2 Å². The van der Waals surface area contributed by atoms with Gasteiger partial charge in [0.25, 0.3) is 10.0 Å². The maximum absolute atomic E-state index is 13.9. The van der Waals surface area contributed by atoms with Gasteiger partial charge in [-0.2, -0.15) is 13.2 Å². The molecule has 0 saturated carbocycles. The van der Waals surface area contributed by atoms with Gasteiger partial charge in [-0.1, -0.05) is 73.5 Å². The van der Waals surface area contributed by atoms with Gasteiger partial charge in [-0.05, 0) is 55.7 Å². The fraction of sp³-hybridized carbons (Fsp3) is 0.333. The van der Waals surface area contributed by atoms with Crippen LogP contribution < -0.4 is 9.62 Å². The van der Waals surface area contributed by atoms with Gasteiger partial charge in [0.15, 0.2) is 0 Å². The SMILES string of the molecule is Cc1ccc(S(=O)(=O)N(CC(=O)N(Cc2ccccc2)C(C)C(=O)NCC(C)C)c2ccc(Cl)c(C(F)(F)F)c2)cc1. The van der Waals surface area contributed by atoms with E-state index in [1.165, 1.54) is 24.0 Å². The van der Waals surface area contributed by atoms with Crippen molar-refractivity contribution >= 4 is 39.1 Å². The van der Waals surface area contributed by atoms with Crippen molar-refractivity contribution in [2.45, 2.75) is 51.4 Å². The Morgan fingerprint density at radius 1 is 0.952 bits per heavy atom. The topological polar surface area (TPSA) is 86.8 Å². The number of benzene rings is 3. The molecule has 7 nitrogen and oxygen atoms in total. The van der Waals surface area contributed by atoms with Gasteiger partial charge in [-0.25, -0.2) is 8.42 Å². The Balaban J connectivity index is 2.09. The van der Waals surface area contributed by atoms with E-state index in [2.05, 4.69) is 5.32 Å². The number of halogens is 4. The highest BCUT2D eigenvalue weighted by molar-refractivity contribution is 7.92. The van der Waals surface area contributed by atoms with E-state index in [9.17, 15) is 31.2 Å². The highest BCUT2D eigenvalue weighted by atomic mass is 35.5. The van der Waals surface area contributed by atoms with Gasteiger partial charge in [-0.15, -0.1) is 0 Å². The van der Waals surface area contributed by atoms with E-state index in [0.29, 0.717) is 22.5 Å². The number of anilines is 1. The molecule has 3 aromatic carbocycles. The zero-order valence-corrected chi connectivity index (χ0v) is 25.2. The minimum absolute atomic E-state index is 0.0389. The lowest BCUT2D eigenvalue weighted by Gasteiger charge is -2.32. The average molecular weight is 624 g/mol. The first-order valence-corrected chi connectivity index (χ1v) is 15.0. The number of nitrogens with one attached hydrogen (secondary N) is 1. The lowest BCUT2D eigenvalue weighted by molar-refractivity contribution is -0.139. The molecule has 1 unspecified atom stereocenters. The maximum Gasteiger partial charge on any atom is 0.417 e. The van der Waals surface area contributed by atoms with E-state index in [1.54, 1.807) is 49.4 Å². The van der Waals surface area contributed by atoms with Crippen LogP contribution >= 0.6 is 11.6 Å². The van der Waals surface area contributed by atoms with Crippen molar-refractivity contribution in [3.8, 4) is 0 Å². The average Bonchev–Trinajstić information content (AvgIpc) is 2.93. The predicted octanol–water partition coefficient (Wildman–Crippen LogP) is 6.05. The van der Waals surface area contributed by atoms with Crippen LogP contribution in [0.4, 0.5) is 18.9 Å². The van der Waals surface area contributed by atoms with E-state index in [0.717, 1.165) is 17.7 Å². The summed E-state index contributed by atoms with van der Waals surface area (Å²) in [5.74, 6) is -1.10. The smallest absolute Gasteiger partial charge is 0.354 e. The Hall–Kier alpha value is -3.57. The van der Waals surface area contributed by atoms with E-state index >= 15 is 0 Å². The van der Waals surface area contributed by atoms with Gasteiger partial charge in [0.2, 0.25) is 11.8 Å². The predicted molar refractivity (Wildman–Crippen MR) is 156 cm³/mol. The number of sulfonamides is 1. The van der Waals surface area contributed by atoms with Crippen molar-refractivity contribution < 1.29 is 31.2 Å². The number of carbonyl (C=O) groups excluding carboxylic acids is 2. The third kappa shape index (κ3) is 8.25. The fourth-order valence-corrected chi connectivity index (χ4v) is 5.70. The van der Waals surface area contributed by atoms with Crippen molar-refractivity contribution in [3.05, 3.63) is 94.5 Å². The molecule has 0 aliphatic rings. The summed E-state index contributed by atoms with van der Waals surface area (Å²) >= 11 is 5.80. The van der Waals surface area contributed by atoms with Crippen LogP contribution in [-0.4, -0.2) is 44.3 Å². The zero-order valence-electron chi connectivity index (χ0n) is 23.7. The van der Waals surface area contributed by atoms with Gasteiger partial charge in [0.1, 0.15) is 12.6 Å². The second-order valence-corrected chi connectivity index (χ2v) is 12.6. The Morgan fingerprint density at radius 3 is 2.14 bits per heavy atom. The molecule has 0 aliphatic heterocycles. The largest absolute Gasteiger partial charge is 0.417 e. The fourth-order valence-electron chi connectivity index (χ4n) is 4.07. The van der Waals surface area contributed by atoms with Gasteiger partial charge in [0.05, 0.1) is 21.2 Å². The minimum Gasteiger partial charge on any atom is -0.354 e. The lowest BCUT2D eigenvalue weighted by atomic mass is 10.1. The van der Waals surface area contributed by atoms with Crippen LogP contribution in [0.2, 0.25) is 5.02 Å².